The van der Waals surface area contributed by atoms with Crippen molar-refractivity contribution in [3.63, 3.8) is 0 Å². The summed E-state index contributed by atoms with van der Waals surface area (Å²) in [5.74, 6) is 1.34. The number of fused-ring (bicyclic) bond motifs is 1. The fourth-order valence-corrected chi connectivity index (χ4v) is 3.07. The van der Waals surface area contributed by atoms with Crippen LogP contribution in [0.4, 0.5) is 0 Å². The lowest BCUT2D eigenvalue weighted by Gasteiger charge is -2.31. The van der Waals surface area contributed by atoms with Crippen LogP contribution in [-0.4, -0.2) is 31.6 Å². The van der Waals surface area contributed by atoms with Gasteiger partial charge in [-0.2, -0.15) is 0 Å². The van der Waals surface area contributed by atoms with E-state index in [0.717, 1.165) is 23.3 Å². The molecule has 1 aliphatic heterocycles. The fourth-order valence-electron chi connectivity index (χ4n) is 3.07. The van der Waals surface area contributed by atoms with Crippen molar-refractivity contribution < 1.29 is 14.3 Å². The fraction of sp³-hybridized carbons (Fsp3) is 0.316. The Labute approximate surface area is 154 Å². The molecule has 0 saturated carbocycles. The van der Waals surface area contributed by atoms with Gasteiger partial charge in [-0.15, -0.1) is 12.4 Å². The van der Waals surface area contributed by atoms with Crippen LogP contribution in [-0.2, 0) is 17.8 Å². The third kappa shape index (κ3) is 3.89. The average Bonchev–Trinajstić information content (AvgIpc) is 2.65. The lowest BCUT2D eigenvalue weighted by Crippen LogP contribution is -2.41. The number of carbonyl (C=O) groups is 1. The van der Waals surface area contributed by atoms with Gasteiger partial charge in [0.2, 0.25) is 5.91 Å². The summed E-state index contributed by atoms with van der Waals surface area (Å²) < 4.78 is 10.7. The molecule has 134 valence electrons. The van der Waals surface area contributed by atoms with Gasteiger partial charge in [0.05, 0.1) is 14.2 Å². The van der Waals surface area contributed by atoms with Gasteiger partial charge in [0, 0.05) is 13.1 Å². The SMILES string of the molecule is COc1cc2c(cc1OC)CN(C(=O)C(N)c1ccccc1)CC2.Cl. The van der Waals surface area contributed by atoms with Crippen LogP contribution in [0.3, 0.4) is 0 Å². The minimum absolute atomic E-state index is 0. The Kier molecular flexibility index (Phi) is 6.28. The smallest absolute Gasteiger partial charge is 0.244 e. The molecule has 0 aliphatic carbocycles. The maximum absolute atomic E-state index is 12.7. The molecular weight excluding hydrogens is 340 g/mol. The molecule has 1 amide bonds. The summed E-state index contributed by atoms with van der Waals surface area (Å²) in [6.07, 6.45) is 0.781. The molecule has 1 unspecified atom stereocenters. The van der Waals surface area contributed by atoms with Gasteiger partial charge in [0.25, 0.3) is 0 Å². The summed E-state index contributed by atoms with van der Waals surface area (Å²) in [7, 11) is 3.24. The Hall–Kier alpha value is -2.24. The van der Waals surface area contributed by atoms with Crippen LogP contribution in [0, 0.1) is 0 Å². The van der Waals surface area contributed by atoms with E-state index in [1.807, 2.05) is 47.4 Å². The molecule has 0 radical (unpaired) electrons. The number of amides is 1. The van der Waals surface area contributed by atoms with Crippen molar-refractivity contribution in [2.24, 2.45) is 5.73 Å². The normalized spacial score (nSPS) is 14.1. The van der Waals surface area contributed by atoms with Crippen molar-refractivity contribution in [3.8, 4) is 11.5 Å². The van der Waals surface area contributed by atoms with Crippen molar-refractivity contribution >= 4 is 18.3 Å². The monoisotopic (exact) mass is 362 g/mol. The molecule has 25 heavy (non-hydrogen) atoms. The number of methoxy groups -OCH3 is 2. The average molecular weight is 363 g/mol. The molecule has 2 N–H and O–H groups in total. The second-order valence-electron chi connectivity index (χ2n) is 5.87. The third-order valence-corrected chi connectivity index (χ3v) is 4.45. The first-order chi connectivity index (χ1) is 11.6. The van der Waals surface area contributed by atoms with E-state index in [-0.39, 0.29) is 18.3 Å². The summed E-state index contributed by atoms with van der Waals surface area (Å²) in [5.41, 5.74) is 9.25. The number of carbonyl (C=O) groups excluding carboxylic acids is 1. The van der Waals surface area contributed by atoms with Crippen LogP contribution in [0.2, 0.25) is 0 Å². The van der Waals surface area contributed by atoms with Crippen LogP contribution in [0.25, 0.3) is 0 Å². The maximum Gasteiger partial charge on any atom is 0.244 e. The minimum Gasteiger partial charge on any atom is -0.493 e. The van der Waals surface area contributed by atoms with Gasteiger partial charge in [-0.05, 0) is 35.2 Å². The van der Waals surface area contributed by atoms with Crippen LogP contribution >= 0.6 is 12.4 Å². The molecule has 0 fully saturated rings. The summed E-state index contributed by atoms with van der Waals surface area (Å²) >= 11 is 0. The molecule has 6 heteroatoms. The van der Waals surface area contributed by atoms with Gasteiger partial charge in [0.15, 0.2) is 11.5 Å². The highest BCUT2D eigenvalue weighted by molar-refractivity contribution is 5.85. The van der Waals surface area contributed by atoms with E-state index >= 15 is 0 Å². The molecule has 0 saturated heterocycles. The first-order valence-corrected chi connectivity index (χ1v) is 7.97. The van der Waals surface area contributed by atoms with E-state index in [4.69, 9.17) is 15.2 Å². The van der Waals surface area contributed by atoms with E-state index in [1.165, 1.54) is 5.56 Å². The van der Waals surface area contributed by atoms with Crippen LogP contribution in [0.5, 0.6) is 11.5 Å². The molecule has 0 spiro atoms. The molecular formula is C19H23ClN2O3. The summed E-state index contributed by atoms with van der Waals surface area (Å²) in [4.78, 5) is 14.5. The number of nitrogens with two attached hydrogens (primary N) is 1. The molecule has 2 aromatic carbocycles. The quantitative estimate of drug-likeness (QED) is 0.908. The third-order valence-electron chi connectivity index (χ3n) is 4.45. The second-order valence-corrected chi connectivity index (χ2v) is 5.87. The lowest BCUT2D eigenvalue weighted by molar-refractivity contribution is -0.133. The largest absolute Gasteiger partial charge is 0.493 e. The number of ether oxygens (including phenoxy) is 2. The summed E-state index contributed by atoms with van der Waals surface area (Å²) in [6, 6.07) is 12.8. The number of nitrogens with zero attached hydrogens (tertiary/aromatic N) is 1. The minimum atomic E-state index is -0.632. The molecule has 2 aromatic rings. The van der Waals surface area contributed by atoms with Crippen molar-refractivity contribution in [1.29, 1.82) is 0 Å². The summed E-state index contributed by atoms with van der Waals surface area (Å²) in [5, 5.41) is 0. The molecule has 1 aliphatic rings. The van der Waals surface area contributed by atoms with Crippen molar-refractivity contribution in [2.75, 3.05) is 20.8 Å². The van der Waals surface area contributed by atoms with Gasteiger partial charge in [-0.3, -0.25) is 4.79 Å². The van der Waals surface area contributed by atoms with Gasteiger partial charge >= 0.3 is 0 Å². The van der Waals surface area contributed by atoms with Crippen LogP contribution in [0.1, 0.15) is 22.7 Å². The summed E-state index contributed by atoms with van der Waals surface area (Å²) in [6.45, 7) is 1.19. The van der Waals surface area contributed by atoms with Gasteiger partial charge < -0.3 is 20.1 Å². The zero-order chi connectivity index (χ0) is 17.1. The van der Waals surface area contributed by atoms with E-state index in [1.54, 1.807) is 14.2 Å². The Morgan fingerprint density at radius 2 is 1.68 bits per heavy atom. The van der Waals surface area contributed by atoms with E-state index in [9.17, 15) is 4.79 Å². The lowest BCUT2D eigenvalue weighted by atomic mass is 9.97. The number of rotatable bonds is 4. The standard InChI is InChI=1S/C19H22N2O3.ClH/c1-23-16-10-14-8-9-21(12-15(14)11-17(16)24-2)19(22)18(20)13-6-4-3-5-7-13;/h3-7,10-11,18H,8-9,12,20H2,1-2H3;1H. The highest BCUT2D eigenvalue weighted by Crippen LogP contribution is 2.33. The zero-order valence-corrected chi connectivity index (χ0v) is 15.2. The Bertz CT molecular complexity index is 737. The topological polar surface area (TPSA) is 64.8 Å². The molecule has 5 nitrogen and oxygen atoms in total. The first-order valence-electron chi connectivity index (χ1n) is 7.97. The molecule has 3 rings (SSSR count). The van der Waals surface area contributed by atoms with Crippen molar-refractivity contribution in [2.45, 2.75) is 19.0 Å². The highest BCUT2D eigenvalue weighted by atomic mass is 35.5. The molecule has 0 bridgehead atoms. The van der Waals surface area contributed by atoms with Gasteiger partial charge in [-0.1, -0.05) is 30.3 Å². The number of benzene rings is 2. The van der Waals surface area contributed by atoms with Crippen molar-refractivity contribution in [3.05, 3.63) is 59.2 Å². The van der Waals surface area contributed by atoms with Crippen LogP contribution in [0.15, 0.2) is 42.5 Å². The van der Waals surface area contributed by atoms with E-state index in [2.05, 4.69) is 0 Å². The number of hydrogen-bond acceptors (Lipinski definition) is 4. The van der Waals surface area contributed by atoms with Crippen LogP contribution < -0.4 is 15.2 Å². The molecule has 1 atom stereocenters. The van der Waals surface area contributed by atoms with Gasteiger partial charge in [0.1, 0.15) is 6.04 Å². The predicted molar refractivity (Wildman–Crippen MR) is 99.3 cm³/mol. The van der Waals surface area contributed by atoms with E-state index < -0.39 is 6.04 Å². The molecule has 0 aromatic heterocycles. The number of hydrogen-bond donors (Lipinski definition) is 1. The maximum atomic E-state index is 12.7. The second kappa shape index (κ2) is 8.23. The Morgan fingerprint density at radius 3 is 2.28 bits per heavy atom. The predicted octanol–water partition coefficient (Wildman–Crippen LogP) is 2.71. The number of halogens is 1. The Morgan fingerprint density at radius 1 is 1.08 bits per heavy atom. The first kappa shape index (κ1) is 19.1. The Balaban J connectivity index is 0.00000225. The van der Waals surface area contributed by atoms with Gasteiger partial charge in [-0.25, -0.2) is 0 Å². The zero-order valence-electron chi connectivity index (χ0n) is 14.4. The molecule has 1 heterocycles. The highest BCUT2D eigenvalue weighted by Gasteiger charge is 2.27. The van der Waals surface area contributed by atoms with E-state index in [0.29, 0.717) is 18.8 Å². The van der Waals surface area contributed by atoms with Crippen molar-refractivity contribution in [1.82, 2.24) is 4.90 Å².